The Hall–Kier alpha value is -3.67. The molecule has 0 bridgehead atoms. The number of hydrogen-bond acceptors (Lipinski definition) is 5. The van der Waals surface area contributed by atoms with Crippen LogP contribution >= 0.6 is 0 Å². The van der Waals surface area contributed by atoms with Gasteiger partial charge in [0, 0.05) is 49.3 Å². The van der Waals surface area contributed by atoms with E-state index in [0.717, 1.165) is 28.7 Å². The van der Waals surface area contributed by atoms with Crippen LogP contribution < -0.4 is 4.90 Å². The Bertz CT molecular complexity index is 1140. The van der Waals surface area contributed by atoms with E-state index in [1.165, 1.54) is 6.07 Å². The van der Waals surface area contributed by atoms with Crippen molar-refractivity contribution in [2.24, 2.45) is 0 Å². The molecule has 2 aromatic heterocycles. The number of nitrogens with zero attached hydrogens (tertiary/aromatic N) is 5. The largest absolute Gasteiger partial charge is 0.434 e. The minimum Gasteiger partial charge on any atom is -0.366 e. The fraction of sp³-hybridized carbons (Fsp3) is 0.238. The number of piperazine rings is 1. The number of fused-ring (bicyclic) bond motifs is 1. The number of hydrogen-bond donors (Lipinski definition) is 0. The van der Waals surface area contributed by atoms with E-state index in [4.69, 9.17) is 5.26 Å². The highest BCUT2D eigenvalue weighted by molar-refractivity contribution is 5.95. The van der Waals surface area contributed by atoms with E-state index in [0.29, 0.717) is 26.2 Å². The maximum atomic E-state index is 12.9. The summed E-state index contributed by atoms with van der Waals surface area (Å²) in [6.45, 7) is 1.90. The second-order valence-electron chi connectivity index (χ2n) is 6.89. The number of alkyl halides is 3. The number of rotatable bonds is 2. The predicted molar refractivity (Wildman–Crippen MR) is 104 cm³/mol. The minimum atomic E-state index is -4.75. The first-order chi connectivity index (χ1) is 14.4. The van der Waals surface area contributed by atoms with Crippen molar-refractivity contribution in [3.8, 4) is 6.07 Å². The maximum Gasteiger partial charge on any atom is 0.434 e. The van der Waals surface area contributed by atoms with E-state index >= 15 is 0 Å². The molecule has 1 aliphatic rings. The number of amides is 1. The summed E-state index contributed by atoms with van der Waals surface area (Å²) < 4.78 is 38.8. The second kappa shape index (κ2) is 7.63. The van der Waals surface area contributed by atoms with Crippen molar-refractivity contribution in [1.29, 1.82) is 5.26 Å². The van der Waals surface area contributed by atoms with E-state index in [2.05, 4.69) is 14.9 Å². The topological polar surface area (TPSA) is 73.1 Å². The molecule has 0 atom stereocenters. The van der Waals surface area contributed by atoms with Crippen LogP contribution in [0, 0.1) is 11.3 Å². The lowest BCUT2D eigenvalue weighted by molar-refractivity contribution is -0.141. The van der Waals surface area contributed by atoms with E-state index in [-0.39, 0.29) is 5.56 Å². The number of pyridine rings is 2. The van der Waals surface area contributed by atoms with Crippen LogP contribution in [0.1, 0.15) is 21.6 Å². The van der Waals surface area contributed by atoms with Gasteiger partial charge in [-0.15, -0.1) is 0 Å². The number of benzene rings is 1. The van der Waals surface area contributed by atoms with Crippen LogP contribution in [0.2, 0.25) is 0 Å². The van der Waals surface area contributed by atoms with Gasteiger partial charge in [0.25, 0.3) is 5.91 Å². The molecule has 0 N–H and O–H groups in total. The summed E-state index contributed by atoms with van der Waals surface area (Å²) in [5, 5.41) is 11.1. The lowest BCUT2D eigenvalue weighted by Crippen LogP contribution is -2.49. The number of aromatic nitrogens is 2. The third kappa shape index (κ3) is 3.64. The molecule has 3 aromatic rings. The van der Waals surface area contributed by atoms with Gasteiger partial charge >= 0.3 is 6.18 Å². The van der Waals surface area contributed by atoms with Crippen LogP contribution in [-0.4, -0.2) is 47.0 Å². The van der Waals surface area contributed by atoms with Crippen LogP contribution in [0.3, 0.4) is 0 Å². The van der Waals surface area contributed by atoms with Crippen LogP contribution in [0.4, 0.5) is 18.9 Å². The van der Waals surface area contributed by atoms with Crippen LogP contribution in [-0.2, 0) is 6.18 Å². The van der Waals surface area contributed by atoms with Crippen molar-refractivity contribution >= 4 is 22.4 Å². The molecule has 1 aromatic carbocycles. The van der Waals surface area contributed by atoms with Crippen molar-refractivity contribution in [2.45, 2.75) is 6.18 Å². The molecule has 1 amide bonds. The fourth-order valence-corrected chi connectivity index (χ4v) is 3.58. The molecule has 3 heterocycles. The molecule has 0 aliphatic carbocycles. The Morgan fingerprint density at radius 2 is 1.80 bits per heavy atom. The molecule has 1 saturated heterocycles. The van der Waals surface area contributed by atoms with Gasteiger partial charge in [-0.25, -0.2) is 4.98 Å². The summed E-state index contributed by atoms with van der Waals surface area (Å²) in [7, 11) is 0. The summed E-state index contributed by atoms with van der Waals surface area (Å²) >= 11 is 0. The highest BCUT2D eigenvalue weighted by atomic mass is 19.4. The number of carbonyl (C=O) groups is 1. The zero-order valence-electron chi connectivity index (χ0n) is 15.7. The van der Waals surface area contributed by atoms with Crippen molar-refractivity contribution in [2.75, 3.05) is 31.1 Å². The number of nitriles is 1. The molecular formula is C21H16F3N5O. The molecule has 0 unspecified atom stereocenters. The molecule has 9 heteroatoms. The standard InChI is InChI=1S/C21H16F3N5O/c22-21(23,24)19-15(10-25)9-16(12-27-19)20(30)29-7-5-28(6-8-29)18-13-26-11-14-3-1-2-4-17(14)18/h1-4,9,11-13H,5-8H2. The first-order valence-corrected chi connectivity index (χ1v) is 9.23. The summed E-state index contributed by atoms with van der Waals surface area (Å²) in [5.74, 6) is -0.441. The van der Waals surface area contributed by atoms with E-state index in [9.17, 15) is 18.0 Å². The Kier molecular flexibility index (Phi) is 4.99. The van der Waals surface area contributed by atoms with E-state index in [1.807, 2.05) is 24.3 Å². The van der Waals surface area contributed by atoms with Crippen molar-refractivity contribution in [3.63, 3.8) is 0 Å². The summed E-state index contributed by atoms with van der Waals surface area (Å²) in [6.07, 6.45) is -0.278. The van der Waals surface area contributed by atoms with Gasteiger partial charge in [0.05, 0.1) is 23.0 Å². The van der Waals surface area contributed by atoms with Gasteiger partial charge in [0.1, 0.15) is 6.07 Å². The molecule has 0 spiro atoms. The van der Waals surface area contributed by atoms with Gasteiger partial charge in [0.2, 0.25) is 0 Å². The molecule has 4 rings (SSSR count). The minimum absolute atomic E-state index is 0.0279. The van der Waals surface area contributed by atoms with E-state index in [1.54, 1.807) is 17.3 Å². The van der Waals surface area contributed by atoms with Crippen LogP contribution in [0.15, 0.2) is 48.9 Å². The number of carbonyl (C=O) groups excluding carboxylic acids is 1. The normalized spacial score (nSPS) is 14.6. The van der Waals surface area contributed by atoms with Gasteiger partial charge in [-0.05, 0) is 6.07 Å². The predicted octanol–water partition coefficient (Wildman–Crippen LogP) is 3.48. The van der Waals surface area contributed by atoms with Crippen LogP contribution in [0.25, 0.3) is 10.8 Å². The third-order valence-corrected chi connectivity index (χ3v) is 5.08. The molecule has 0 saturated carbocycles. The number of halogens is 3. The Labute approximate surface area is 170 Å². The zero-order valence-corrected chi connectivity index (χ0v) is 15.7. The maximum absolute atomic E-state index is 12.9. The van der Waals surface area contributed by atoms with Gasteiger partial charge in [0.15, 0.2) is 5.69 Å². The summed E-state index contributed by atoms with van der Waals surface area (Å²) in [5.41, 5.74) is -0.994. The smallest absolute Gasteiger partial charge is 0.366 e. The molecule has 30 heavy (non-hydrogen) atoms. The first-order valence-electron chi connectivity index (χ1n) is 9.23. The number of anilines is 1. The molecule has 152 valence electrons. The SMILES string of the molecule is N#Cc1cc(C(=O)N2CCN(c3cncc4ccccc34)CC2)cnc1C(F)(F)F. The van der Waals surface area contributed by atoms with Gasteiger partial charge in [-0.2, -0.15) is 18.4 Å². The quantitative estimate of drug-likeness (QED) is 0.646. The average molecular weight is 411 g/mol. The van der Waals surface area contributed by atoms with Gasteiger partial charge < -0.3 is 9.80 Å². The second-order valence-corrected chi connectivity index (χ2v) is 6.89. The van der Waals surface area contributed by atoms with Crippen molar-refractivity contribution in [1.82, 2.24) is 14.9 Å². The molecule has 1 fully saturated rings. The Morgan fingerprint density at radius 1 is 1.07 bits per heavy atom. The van der Waals surface area contributed by atoms with Crippen molar-refractivity contribution < 1.29 is 18.0 Å². The average Bonchev–Trinajstić information content (AvgIpc) is 2.77. The fourth-order valence-electron chi connectivity index (χ4n) is 3.58. The monoisotopic (exact) mass is 411 g/mol. The lowest BCUT2D eigenvalue weighted by Gasteiger charge is -2.36. The van der Waals surface area contributed by atoms with E-state index < -0.39 is 23.3 Å². The Balaban J connectivity index is 1.50. The van der Waals surface area contributed by atoms with Gasteiger partial charge in [-0.3, -0.25) is 9.78 Å². The highest BCUT2D eigenvalue weighted by Crippen LogP contribution is 2.31. The lowest BCUT2D eigenvalue weighted by atomic mass is 10.1. The molecule has 0 radical (unpaired) electrons. The van der Waals surface area contributed by atoms with Crippen molar-refractivity contribution in [3.05, 3.63) is 65.7 Å². The molecular weight excluding hydrogens is 395 g/mol. The third-order valence-electron chi connectivity index (χ3n) is 5.08. The summed E-state index contributed by atoms with van der Waals surface area (Å²) in [6, 6.07) is 10.3. The summed E-state index contributed by atoms with van der Waals surface area (Å²) in [4.78, 5) is 24.0. The molecule has 1 aliphatic heterocycles. The molecule has 6 nitrogen and oxygen atoms in total. The zero-order chi connectivity index (χ0) is 21.3. The Morgan fingerprint density at radius 3 is 2.50 bits per heavy atom. The van der Waals surface area contributed by atoms with Crippen LogP contribution in [0.5, 0.6) is 0 Å². The highest BCUT2D eigenvalue weighted by Gasteiger charge is 2.36. The first kappa shape index (κ1) is 19.6. The van der Waals surface area contributed by atoms with Gasteiger partial charge in [-0.1, -0.05) is 24.3 Å².